The number of methoxy groups -OCH3 is 1. The number of carbonyl (C=O) groups is 1. The van der Waals surface area contributed by atoms with Crippen molar-refractivity contribution in [3.05, 3.63) is 77.8 Å². The second kappa shape index (κ2) is 7.28. The third kappa shape index (κ3) is 3.65. The van der Waals surface area contributed by atoms with Gasteiger partial charge in [0.25, 0.3) is 0 Å². The van der Waals surface area contributed by atoms with Gasteiger partial charge >= 0.3 is 5.97 Å². The number of ether oxygens (including phenoxy) is 1. The van der Waals surface area contributed by atoms with Crippen molar-refractivity contribution in [2.45, 2.75) is 0 Å². The van der Waals surface area contributed by atoms with Crippen LogP contribution in [0.15, 0.2) is 65.2 Å². The first-order valence-electron chi connectivity index (χ1n) is 7.53. The number of esters is 1. The van der Waals surface area contributed by atoms with Crippen LogP contribution in [0.4, 0.5) is 0 Å². The third-order valence-electron chi connectivity index (χ3n) is 3.57. The van der Waals surface area contributed by atoms with Crippen molar-refractivity contribution in [2.75, 3.05) is 7.11 Å². The van der Waals surface area contributed by atoms with Gasteiger partial charge in [-0.25, -0.2) is 4.79 Å². The molecule has 0 aliphatic heterocycles. The first-order valence-corrected chi connectivity index (χ1v) is 7.53. The molecule has 2 heterocycles. The van der Waals surface area contributed by atoms with Gasteiger partial charge in [-0.1, -0.05) is 18.2 Å². The number of benzene rings is 1. The molecule has 5 nitrogen and oxygen atoms in total. The third-order valence-corrected chi connectivity index (χ3v) is 3.57. The summed E-state index contributed by atoms with van der Waals surface area (Å²) in [7, 11) is 1.34. The average Bonchev–Trinajstić information content (AvgIpc) is 3.15. The van der Waals surface area contributed by atoms with E-state index in [0.29, 0.717) is 28.4 Å². The number of pyridine rings is 1. The summed E-state index contributed by atoms with van der Waals surface area (Å²) in [5, 5.41) is 9.33. The lowest BCUT2D eigenvalue weighted by Crippen LogP contribution is -2.00. The summed E-state index contributed by atoms with van der Waals surface area (Å²) >= 11 is 0. The van der Waals surface area contributed by atoms with Crippen LogP contribution in [0, 0.1) is 11.3 Å². The molecule has 0 saturated heterocycles. The molecule has 0 atom stereocenters. The average molecular weight is 330 g/mol. The Balaban J connectivity index is 1.86. The van der Waals surface area contributed by atoms with Crippen LogP contribution in [0.25, 0.3) is 23.0 Å². The Morgan fingerprint density at radius 2 is 1.96 bits per heavy atom. The maximum Gasteiger partial charge on any atom is 0.337 e. The van der Waals surface area contributed by atoms with E-state index in [-0.39, 0.29) is 5.97 Å². The molecule has 5 heteroatoms. The number of allylic oxidation sites excluding steroid dienone is 1. The molecule has 3 rings (SSSR count). The molecule has 2 aromatic heterocycles. The van der Waals surface area contributed by atoms with Crippen LogP contribution in [0.5, 0.6) is 0 Å². The Morgan fingerprint density at radius 3 is 2.60 bits per heavy atom. The van der Waals surface area contributed by atoms with Gasteiger partial charge in [-0.15, -0.1) is 0 Å². The fraction of sp³-hybridized carbons (Fsp3) is 0.0500. The van der Waals surface area contributed by atoms with Crippen molar-refractivity contribution >= 4 is 17.6 Å². The summed E-state index contributed by atoms with van der Waals surface area (Å²) in [4.78, 5) is 15.6. The molecule has 1 aromatic carbocycles. The molecule has 0 aliphatic rings. The van der Waals surface area contributed by atoms with Crippen molar-refractivity contribution in [1.29, 1.82) is 5.26 Å². The van der Waals surface area contributed by atoms with E-state index in [9.17, 15) is 10.1 Å². The standard InChI is InChI=1S/C20H14N2O3/c1-24-20(23)15-7-5-14(6-8-15)19-10-9-17(25-19)12-16(13-21)18-4-2-3-11-22-18/h2-12H,1H3/b16-12-. The van der Waals surface area contributed by atoms with Gasteiger partial charge < -0.3 is 9.15 Å². The van der Waals surface area contributed by atoms with Crippen molar-refractivity contribution in [2.24, 2.45) is 0 Å². The number of aromatic nitrogens is 1. The summed E-state index contributed by atoms with van der Waals surface area (Å²) in [6, 6.07) is 18.0. The monoisotopic (exact) mass is 330 g/mol. The highest BCUT2D eigenvalue weighted by atomic mass is 16.5. The zero-order chi connectivity index (χ0) is 17.6. The van der Waals surface area contributed by atoms with Crippen LogP contribution in [-0.4, -0.2) is 18.1 Å². The fourth-order valence-corrected chi connectivity index (χ4v) is 2.30. The quantitative estimate of drug-likeness (QED) is 0.529. The molecule has 0 N–H and O–H groups in total. The minimum absolute atomic E-state index is 0.386. The molecule has 0 radical (unpaired) electrons. The summed E-state index contributed by atoms with van der Waals surface area (Å²) in [6.07, 6.45) is 3.28. The molecule has 0 bridgehead atoms. The maximum atomic E-state index is 11.5. The van der Waals surface area contributed by atoms with Crippen molar-refractivity contribution in [3.8, 4) is 17.4 Å². The van der Waals surface area contributed by atoms with E-state index in [0.717, 1.165) is 5.56 Å². The van der Waals surface area contributed by atoms with Gasteiger partial charge in [-0.2, -0.15) is 5.26 Å². The zero-order valence-electron chi connectivity index (χ0n) is 13.5. The fourth-order valence-electron chi connectivity index (χ4n) is 2.30. The highest BCUT2D eigenvalue weighted by molar-refractivity contribution is 5.90. The Kier molecular flexibility index (Phi) is 4.72. The van der Waals surface area contributed by atoms with E-state index in [1.54, 1.807) is 54.7 Å². The van der Waals surface area contributed by atoms with Crippen LogP contribution >= 0.6 is 0 Å². The zero-order valence-corrected chi connectivity index (χ0v) is 13.5. The SMILES string of the molecule is COC(=O)c1ccc(-c2ccc(/C=C(/C#N)c3ccccn3)o2)cc1. The van der Waals surface area contributed by atoms with Gasteiger partial charge in [0.05, 0.1) is 23.9 Å². The Bertz CT molecular complexity index is 949. The molecule has 0 unspecified atom stereocenters. The smallest absolute Gasteiger partial charge is 0.337 e. The molecule has 122 valence electrons. The Labute approximate surface area is 144 Å². The molecule has 25 heavy (non-hydrogen) atoms. The number of carbonyl (C=O) groups excluding carboxylic acids is 1. The van der Waals surface area contributed by atoms with E-state index >= 15 is 0 Å². The number of furan rings is 1. The molecule has 0 fully saturated rings. The summed E-state index contributed by atoms with van der Waals surface area (Å²) in [5.41, 5.74) is 2.30. The number of nitriles is 1. The minimum Gasteiger partial charge on any atom is -0.465 e. The van der Waals surface area contributed by atoms with Gasteiger partial charge in [0, 0.05) is 17.8 Å². The second-order valence-corrected chi connectivity index (χ2v) is 5.16. The highest BCUT2D eigenvalue weighted by Crippen LogP contribution is 2.25. The van der Waals surface area contributed by atoms with Crippen LogP contribution in [0.1, 0.15) is 21.8 Å². The van der Waals surface area contributed by atoms with Crippen molar-refractivity contribution in [1.82, 2.24) is 4.98 Å². The lowest BCUT2D eigenvalue weighted by atomic mass is 10.1. The first-order chi connectivity index (χ1) is 12.2. The normalized spacial score (nSPS) is 11.0. The molecular weight excluding hydrogens is 316 g/mol. The number of rotatable bonds is 4. The van der Waals surface area contributed by atoms with Crippen LogP contribution in [0.2, 0.25) is 0 Å². The topological polar surface area (TPSA) is 76.1 Å². The van der Waals surface area contributed by atoms with Crippen LogP contribution < -0.4 is 0 Å². The number of hydrogen-bond donors (Lipinski definition) is 0. The van der Waals surface area contributed by atoms with Gasteiger partial charge in [0.2, 0.25) is 0 Å². The largest absolute Gasteiger partial charge is 0.465 e. The summed E-state index contributed by atoms with van der Waals surface area (Å²) in [5.74, 6) is 0.805. The van der Waals surface area contributed by atoms with Crippen molar-refractivity contribution in [3.63, 3.8) is 0 Å². The molecule has 0 spiro atoms. The Hall–Kier alpha value is -3.65. The lowest BCUT2D eigenvalue weighted by molar-refractivity contribution is 0.0600. The van der Waals surface area contributed by atoms with Gasteiger partial charge in [0.15, 0.2) is 0 Å². The predicted molar refractivity (Wildman–Crippen MR) is 93.2 cm³/mol. The van der Waals surface area contributed by atoms with E-state index in [4.69, 9.17) is 4.42 Å². The lowest BCUT2D eigenvalue weighted by Gasteiger charge is -2.00. The minimum atomic E-state index is -0.386. The second-order valence-electron chi connectivity index (χ2n) is 5.16. The predicted octanol–water partition coefficient (Wildman–Crippen LogP) is 4.19. The molecule has 0 saturated carbocycles. The van der Waals surface area contributed by atoms with E-state index in [2.05, 4.69) is 15.8 Å². The van der Waals surface area contributed by atoms with Gasteiger partial charge in [0.1, 0.15) is 17.6 Å². The number of hydrogen-bond acceptors (Lipinski definition) is 5. The molecule has 0 amide bonds. The Morgan fingerprint density at radius 1 is 1.16 bits per heavy atom. The molecular formula is C20H14N2O3. The maximum absolute atomic E-state index is 11.5. The van der Waals surface area contributed by atoms with E-state index in [1.165, 1.54) is 7.11 Å². The number of nitrogens with zero attached hydrogens (tertiary/aromatic N) is 2. The summed E-state index contributed by atoms with van der Waals surface area (Å²) < 4.78 is 10.5. The first kappa shape index (κ1) is 16.2. The van der Waals surface area contributed by atoms with E-state index < -0.39 is 0 Å². The van der Waals surface area contributed by atoms with Gasteiger partial charge in [-0.3, -0.25) is 4.98 Å². The van der Waals surface area contributed by atoms with Crippen LogP contribution in [0.3, 0.4) is 0 Å². The highest BCUT2D eigenvalue weighted by Gasteiger charge is 2.09. The van der Waals surface area contributed by atoms with E-state index in [1.807, 2.05) is 12.1 Å². The van der Waals surface area contributed by atoms with Gasteiger partial charge in [-0.05, 0) is 36.4 Å². The summed E-state index contributed by atoms with van der Waals surface area (Å²) in [6.45, 7) is 0. The van der Waals surface area contributed by atoms with Crippen molar-refractivity contribution < 1.29 is 13.9 Å². The molecule has 0 aliphatic carbocycles. The van der Waals surface area contributed by atoms with Crippen LogP contribution in [-0.2, 0) is 4.74 Å². The molecule has 3 aromatic rings.